The lowest BCUT2D eigenvalue weighted by molar-refractivity contribution is -0.131. The Kier molecular flexibility index (Phi) is 6.30. The van der Waals surface area contributed by atoms with Crippen LogP contribution in [0, 0.1) is 0 Å². The SMILES string of the molecule is CCCN(Cc1nc2cc(Cl)ccc2c(=O)[nH]1)C(=O)C1CSCCS1. The Hall–Kier alpha value is -1.18. The lowest BCUT2D eigenvalue weighted by Crippen LogP contribution is -2.40. The van der Waals surface area contributed by atoms with Gasteiger partial charge in [0.25, 0.3) is 5.56 Å². The minimum Gasteiger partial charge on any atom is -0.334 e. The Balaban J connectivity index is 1.85. The van der Waals surface area contributed by atoms with E-state index in [1.165, 1.54) is 0 Å². The number of aromatic amines is 1. The Morgan fingerprint density at radius 1 is 1.44 bits per heavy atom. The number of fused-ring (bicyclic) bond motifs is 1. The van der Waals surface area contributed by atoms with Gasteiger partial charge in [-0.15, -0.1) is 11.8 Å². The van der Waals surface area contributed by atoms with Crippen molar-refractivity contribution in [2.45, 2.75) is 25.1 Å². The van der Waals surface area contributed by atoms with Crippen LogP contribution >= 0.6 is 35.1 Å². The van der Waals surface area contributed by atoms with E-state index < -0.39 is 0 Å². The first-order valence-electron chi connectivity index (χ1n) is 8.25. The number of H-pyrrole nitrogens is 1. The summed E-state index contributed by atoms with van der Waals surface area (Å²) in [5, 5.41) is 1.03. The van der Waals surface area contributed by atoms with E-state index in [-0.39, 0.29) is 16.7 Å². The van der Waals surface area contributed by atoms with Gasteiger partial charge in [-0.1, -0.05) is 18.5 Å². The maximum Gasteiger partial charge on any atom is 0.258 e. The van der Waals surface area contributed by atoms with Gasteiger partial charge in [0.2, 0.25) is 5.91 Å². The molecule has 3 rings (SSSR count). The summed E-state index contributed by atoms with van der Waals surface area (Å²) in [6.45, 7) is 3.00. The van der Waals surface area contributed by atoms with Gasteiger partial charge in [0.1, 0.15) is 5.82 Å². The second kappa shape index (κ2) is 8.47. The summed E-state index contributed by atoms with van der Waals surface area (Å²) in [4.78, 5) is 34.2. The first-order chi connectivity index (χ1) is 12.1. The number of carbonyl (C=O) groups excluding carboxylic acids is 1. The summed E-state index contributed by atoms with van der Waals surface area (Å²) in [6.07, 6.45) is 0.861. The van der Waals surface area contributed by atoms with Crippen LogP contribution in [0.4, 0.5) is 0 Å². The number of thioether (sulfide) groups is 2. The van der Waals surface area contributed by atoms with Crippen molar-refractivity contribution in [2.24, 2.45) is 0 Å². The first-order valence-corrected chi connectivity index (χ1v) is 10.8. The summed E-state index contributed by atoms with van der Waals surface area (Å²) in [5.74, 6) is 3.58. The number of amides is 1. The lowest BCUT2D eigenvalue weighted by atomic mass is 10.2. The fourth-order valence-electron chi connectivity index (χ4n) is 2.79. The third-order valence-electron chi connectivity index (χ3n) is 3.95. The number of halogens is 1. The van der Waals surface area contributed by atoms with Gasteiger partial charge >= 0.3 is 0 Å². The smallest absolute Gasteiger partial charge is 0.258 e. The zero-order valence-electron chi connectivity index (χ0n) is 14.0. The number of nitrogens with zero attached hydrogens (tertiary/aromatic N) is 2. The molecule has 1 unspecified atom stereocenters. The summed E-state index contributed by atoms with van der Waals surface area (Å²) < 4.78 is 0. The van der Waals surface area contributed by atoms with Crippen molar-refractivity contribution in [1.29, 1.82) is 0 Å². The molecule has 134 valence electrons. The molecule has 1 saturated heterocycles. The maximum atomic E-state index is 12.8. The van der Waals surface area contributed by atoms with Gasteiger partial charge in [0.15, 0.2) is 0 Å². The van der Waals surface area contributed by atoms with Crippen LogP contribution in [0.3, 0.4) is 0 Å². The molecule has 0 bridgehead atoms. The van der Waals surface area contributed by atoms with Gasteiger partial charge in [-0.05, 0) is 24.6 Å². The van der Waals surface area contributed by atoms with Crippen molar-refractivity contribution < 1.29 is 4.79 Å². The van der Waals surface area contributed by atoms with Gasteiger partial charge in [-0.25, -0.2) is 4.98 Å². The summed E-state index contributed by atoms with van der Waals surface area (Å²) in [5.41, 5.74) is 0.348. The van der Waals surface area contributed by atoms with Crippen molar-refractivity contribution in [3.8, 4) is 0 Å². The zero-order valence-corrected chi connectivity index (χ0v) is 16.3. The van der Waals surface area contributed by atoms with E-state index >= 15 is 0 Å². The van der Waals surface area contributed by atoms with Crippen molar-refractivity contribution >= 4 is 51.9 Å². The minimum atomic E-state index is -0.205. The normalized spacial score (nSPS) is 17.6. The molecule has 0 radical (unpaired) electrons. The number of carbonyl (C=O) groups is 1. The molecule has 2 heterocycles. The minimum absolute atomic E-state index is 0.00748. The van der Waals surface area contributed by atoms with E-state index in [4.69, 9.17) is 11.6 Å². The predicted octanol–water partition coefficient (Wildman–Crippen LogP) is 3.16. The monoisotopic (exact) mass is 397 g/mol. The number of nitrogens with one attached hydrogen (secondary N) is 1. The Labute approximate surface area is 159 Å². The third-order valence-corrected chi connectivity index (χ3v) is 6.93. The zero-order chi connectivity index (χ0) is 17.8. The number of rotatable bonds is 5. The van der Waals surface area contributed by atoms with Crippen LogP contribution in [0.5, 0.6) is 0 Å². The average Bonchev–Trinajstić information content (AvgIpc) is 2.61. The molecule has 8 heteroatoms. The summed E-state index contributed by atoms with van der Waals surface area (Å²) in [6, 6.07) is 5.01. The number of benzene rings is 1. The molecule has 0 spiro atoms. The van der Waals surface area contributed by atoms with Gasteiger partial charge in [-0.3, -0.25) is 9.59 Å². The van der Waals surface area contributed by atoms with Gasteiger partial charge in [0.05, 0.1) is 22.7 Å². The highest BCUT2D eigenvalue weighted by atomic mass is 35.5. The Morgan fingerprint density at radius 3 is 3.00 bits per heavy atom. The van der Waals surface area contributed by atoms with Crippen molar-refractivity contribution in [3.05, 3.63) is 39.4 Å². The van der Waals surface area contributed by atoms with Crippen LogP contribution in [-0.2, 0) is 11.3 Å². The highest BCUT2D eigenvalue weighted by Gasteiger charge is 2.27. The molecule has 5 nitrogen and oxygen atoms in total. The number of hydrogen-bond acceptors (Lipinski definition) is 5. The molecule has 1 aliphatic heterocycles. The topological polar surface area (TPSA) is 66.1 Å². The fraction of sp³-hybridized carbons (Fsp3) is 0.471. The van der Waals surface area contributed by atoms with Gasteiger partial charge in [-0.2, -0.15) is 11.8 Å². The molecule has 1 aromatic carbocycles. The second-order valence-electron chi connectivity index (χ2n) is 5.87. The van der Waals surface area contributed by atoms with Crippen LogP contribution < -0.4 is 5.56 Å². The third kappa shape index (κ3) is 4.51. The standard InChI is InChI=1S/C17H20ClN3O2S2/c1-2-5-21(17(23)14-10-24-6-7-25-14)9-15-19-13-8-11(18)3-4-12(13)16(22)20-15/h3-4,8,14H,2,5-7,9-10H2,1H3,(H,19,20,22). The quantitative estimate of drug-likeness (QED) is 0.839. The summed E-state index contributed by atoms with van der Waals surface area (Å²) in [7, 11) is 0. The van der Waals surface area contributed by atoms with Crippen molar-refractivity contribution in [2.75, 3.05) is 23.8 Å². The molecule has 1 amide bonds. The number of aromatic nitrogens is 2. The van der Waals surface area contributed by atoms with Crippen LogP contribution in [0.25, 0.3) is 10.9 Å². The van der Waals surface area contributed by atoms with E-state index in [0.29, 0.717) is 34.8 Å². The van der Waals surface area contributed by atoms with E-state index in [9.17, 15) is 9.59 Å². The number of hydrogen-bond donors (Lipinski definition) is 1. The van der Waals surface area contributed by atoms with Gasteiger partial charge < -0.3 is 9.88 Å². The Bertz CT molecular complexity index is 821. The van der Waals surface area contributed by atoms with Crippen molar-refractivity contribution in [3.63, 3.8) is 0 Å². The molecular formula is C17H20ClN3O2S2. The van der Waals surface area contributed by atoms with E-state index in [1.807, 2.05) is 18.7 Å². The molecule has 1 aromatic heterocycles. The summed E-state index contributed by atoms with van der Waals surface area (Å²) >= 11 is 9.55. The van der Waals surface area contributed by atoms with Crippen LogP contribution in [0.15, 0.2) is 23.0 Å². The predicted molar refractivity (Wildman–Crippen MR) is 107 cm³/mol. The molecule has 0 saturated carbocycles. The fourth-order valence-corrected chi connectivity index (χ4v) is 5.58. The molecular weight excluding hydrogens is 378 g/mol. The molecule has 1 atom stereocenters. The maximum absolute atomic E-state index is 12.8. The van der Waals surface area contributed by atoms with E-state index in [1.54, 1.807) is 34.9 Å². The van der Waals surface area contributed by atoms with Crippen LogP contribution in [0.2, 0.25) is 5.02 Å². The molecule has 1 aliphatic rings. The molecule has 1 N–H and O–H groups in total. The average molecular weight is 398 g/mol. The van der Waals surface area contributed by atoms with Crippen LogP contribution in [-0.4, -0.2) is 49.8 Å². The molecule has 2 aromatic rings. The van der Waals surface area contributed by atoms with E-state index in [2.05, 4.69) is 9.97 Å². The lowest BCUT2D eigenvalue weighted by Gasteiger charge is -2.28. The van der Waals surface area contributed by atoms with Crippen molar-refractivity contribution in [1.82, 2.24) is 14.9 Å². The molecule has 0 aliphatic carbocycles. The largest absolute Gasteiger partial charge is 0.334 e. The highest BCUT2D eigenvalue weighted by molar-refractivity contribution is 8.07. The second-order valence-corrected chi connectivity index (χ2v) is 8.77. The van der Waals surface area contributed by atoms with Crippen LogP contribution in [0.1, 0.15) is 19.2 Å². The first kappa shape index (κ1) is 18.6. The molecule has 1 fully saturated rings. The molecule has 25 heavy (non-hydrogen) atoms. The van der Waals surface area contributed by atoms with E-state index in [0.717, 1.165) is 23.7 Å². The van der Waals surface area contributed by atoms with Gasteiger partial charge in [0, 0.05) is 28.8 Å². The highest BCUT2D eigenvalue weighted by Crippen LogP contribution is 2.26. The Morgan fingerprint density at radius 2 is 2.28 bits per heavy atom.